The fraction of sp³-hybridized carbons (Fsp3) is 0.222. The number of amides is 1. The minimum Gasteiger partial charge on any atom is -0.332 e. The number of carbonyl (C=O) groups is 1. The second-order valence-corrected chi connectivity index (χ2v) is 5.92. The number of rotatable bonds is 3. The van der Waals surface area contributed by atoms with E-state index in [1.54, 1.807) is 12.1 Å². The molecule has 2 aromatic rings. The maximum absolute atomic E-state index is 12.1. The zero-order valence-corrected chi connectivity index (χ0v) is 13.8. The Bertz CT molecular complexity index is 678. The Balaban J connectivity index is 2.04. The predicted molar refractivity (Wildman–Crippen MR) is 95.4 cm³/mol. The van der Waals surface area contributed by atoms with E-state index < -0.39 is 0 Å². The molecule has 2 N–H and O–H groups in total. The Labute approximate surface area is 136 Å². The molecule has 0 atom stereocenters. The van der Waals surface area contributed by atoms with Gasteiger partial charge < -0.3 is 5.32 Å². The van der Waals surface area contributed by atoms with Crippen molar-refractivity contribution in [3.8, 4) is 0 Å². The van der Waals surface area contributed by atoms with E-state index in [1.165, 1.54) is 0 Å². The first kappa shape index (κ1) is 16.2. The smallest absolute Gasteiger partial charge is 0.257 e. The number of benzene rings is 2. The van der Waals surface area contributed by atoms with Crippen LogP contribution in [0.2, 0.25) is 0 Å². The molecule has 0 unspecified atom stereocenters. The van der Waals surface area contributed by atoms with Gasteiger partial charge in [-0.25, -0.2) is 0 Å². The van der Waals surface area contributed by atoms with Gasteiger partial charge in [-0.2, -0.15) is 0 Å². The van der Waals surface area contributed by atoms with Crippen LogP contribution in [0.4, 0.5) is 5.69 Å². The Hall–Kier alpha value is -2.20. The Kier molecular flexibility index (Phi) is 5.28. The van der Waals surface area contributed by atoms with Crippen molar-refractivity contribution in [2.24, 2.45) is 0 Å². The molecule has 1 amide bonds. The van der Waals surface area contributed by atoms with Crippen molar-refractivity contribution in [2.75, 3.05) is 5.32 Å². The summed E-state index contributed by atoms with van der Waals surface area (Å²) >= 11 is 5.24. The van der Waals surface area contributed by atoms with Crippen molar-refractivity contribution < 1.29 is 4.79 Å². The summed E-state index contributed by atoms with van der Waals surface area (Å²) in [6.07, 6.45) is 0. The molecule has 22 heavy (non-hydrogen) atoms. The van der Waals surface area contributed by atoms with Gasteiger partial charge in [-0.05, 0) is 48.8 Å². The van der Waals surface area contributed by atoms with Gasteiger partial charge in [0.2, 0.25) is 0 Å². The summed E-state index contributed by atoms with van der Waals surface area (Å²) in [5.41, 5.74) is 3.79. The van der Waals surface area contributed by atoms with Gasteiger partial charge in [-0.1, -0.05) is 49.7 Å². The lowest BCUT2D eigenvalue weighted by atomic mass is 10.0. The van der Waals surface area contributed by atoms with Gasteiger partial charge in [0, 0.05) is 11.3 Å². The standard InChI is InChI=1S/C18H20N2OS/c1-12(2)15-6-4-5-7-16(15)19-18(22)20-17(21)14-10-8-13(3)9-11-14/h4-12H,1-3H3,(H2,19,20,21,22). The van der Waals surface area contributed by atoms with Crippen LogP contribution in [0.3, 0.4) is 0 Å². The fourth-order valence-electron chi connectivity index (χ4n) is 2.15. The van der Waals surface area contributed by atoms with E-state index in [0.29, 0.717) is 16.6 Å². The van der Waals surface area contributed by atoms with Gasteiger partial charge in [0.05, 0.1) is 0 Å². The van der Waals surface area contributed by atoms with Crippen LogP contribution >= 0.6 is 12.2 Å². The molecular weight excluding hydrogens is 292 g/mol. The second-order valence-electron chi connectivity index (χ2n) is 5.52. The van der Waals surface area contributed by atoms with Crippen LogP contribution in [0.1, 0.15) is 41.3 Å². The first-order chi connectivity index (χ1) is 10.5. The maximum Gasteiger partial charge on any atom is 0.257 e. The van der Waals surface area contributed by atoms with Gasteiger partial charge in [0.15, 0.2) is 5.11 Å². The summed E-state index contributed by atoms with van der Waals surface area (Å²) in [6.45, 7) is 6.22. The predicted octanol–water partition coefficient (Wildman–Crippen LogP) is 4.25. The van der Waals surface area contributed by atoms with E-state index in [9.17, 15) is 4.79 Å². The van der Waals surface area contributed by atoms with Crippen molar-refractivity contribution in [1.82, 2.24) is 5.32 Å². The second kappa shape index (κ2) is 7.18. The zero-order chi connectivity index (χ0) is 16.1. The number of nitrogens with one attached hydrogen (secondary N) is 2. The number of para-hydroxylation sites is 1. The number of thiocarbonyl (C=S) groups is 1. The molecule has 2 rings (SSSR count). The lowest BCUT2D eigenvalue weighted by Gasteiger charge is -2.15. The molecule has 0 bridgehead atoms. The molecule has 4 heteroatoms. The monoisotopic (exact) mass is 312 g/mol. The normalized spacial score (nSPS) is 10.4. The number of hydrogen-bond acceptors (Lipinski definition) is 2. The minimum absolute atomic E-state index is 0.209. The van der Waals surface area contributed by atoms with Crippen LogP contribution in [0.5, 0.6) is 0 Å². The quantitative estimate of drug-likeness (QED) is 0.833. The van der Waals surface area contributed by atoms with Crippen molar-refractivity contribution in [3.05, 3.63) is 65.2 Å². The summed E-state index contributed by atoms with van der Waals surface area (Å²) in [5, 5.41) is 6.12. The van der Waals surface area contributed by atoms with Crippen LogP contribution in [0, 0.1) is 6.92 Å². The van der Waals surface area contributed by atoms with E-state index >= 15 is 0 Å². The Morgan fingerprint density at radius 2 is 1.68 bits per heavy atom. The molecule has 2 aromatic carbocycles. The molecule has 0 radical (unpaired) electrons. The third kappa shape index (κ3) is 4.15. The molecule has 3 nitrogen and oxygen atoms in total. The van der Waals surface area contributed by atoms with Crippen LogP contribution in [-0.2, 0) is 0 Å². The zero-order valence-electron chi connectivity index (χ0n) is 13.0. The molecule has 0 spiro atoms. The molecule has 0 heterocycles. The highest BCUT2D eigenvalue weighted by Crippen LogP contribution is 2.23. The third-order valence-corrected chi connectivity index (χ3v) is 3.58. The number of aryl methyl sites for hydroxylation is 1. The topological polar surface area (TPSA) is 41.1 Å². The average molecular weight is 312 g/mol. The highest BCUT2D eigenvalue weighted by atomic mass is 32.1. The lowest BCUT2D eigenvalue weighted by Crippen LogP contribution is -2.34. The van der Waals surface area contributed by atoms with Crippen LogP contribution in [-0.4, -0.2) is 11.0 Å². The number of hydrogen-bond donors (Lipinski definition) is 2. The number of anilines is 1. The van der Waals surface area contributed by atoms with E-state index in [1.807, 2.05) is 37.3 Å². The summed E-state index contributed by atoms with van der Waals surface area (Å²) in [5.74, 6) is 0.166. The summed E-state index contributed by atoms with van der Waals surface area (Å²) in [7, 11) is 0. The summed E-state index contributed by atoms with van der Waals surface area (Å²) in [4.78, 5) is 12.1. The molecular formula is C18H20N2OS. The molecule has 0 saturated heterocycles. The van der Waals surface area contributed by atoms with Crippen molar-refractivity contribution in [3.63, 3.8) is 0 Å². The maximum atomic E-state index is 12.1. The Morgan fingerprint density at radius 3 is 2.32 bits per heavy atom. The third-order valence-electron chi connectivity index (χ3n) is 3.37. The molecule has 114 valence electrons. The number of carbonyl (C=O) groups excluding carboxylic acids is 1. The van der Waals surface area contributed by atoms with E-state index in [-0.39, 0.29) is 5.91 Å². The molecule has 0 aliphatic rings. The van der Waals surface area contributed by atoms with Gasteiger partial charge in [0.1, 0.15) is 0 Å². The molecule has 0 aliphatic carbocycles. The first-order valence-corrected chi connectivity index (χ1v) is 7.66. The van der Waals surface area contributed by atoms with E-state index in [2.05, 4.69) is 30.5 Å². The van der Waals surface area contributed by atoms with Gasteiger partial charge in [-0.3, -0.25) is 10.1 Å². The first-order valence-electron chi connectivity index (χ1n) is 7.25. The van der Waals surface area contributed by atoms with E-state index in [4.69, 9.17) is 12.2 Å². The highest BCUT2D eigenvalue weighted by molar-refractivity contribution is 7.80. The summed E-state index contributed by atoms with van der Waals surface area (Å²) in [6, 6.07) is 15.3. The minimum atomic E-state index is -0.209. The SMILES string of the molecule is Cc1ccc(C(=O)NC(=S)Nc2ccccc2C(C)C)cc1. The van der Waals surface area contributed by atoms with Crippen LogP contribution in [0.15, 0.2) is 48.5 Å². The molecule has 0 fully saturated rings. The highest BCUT2D eigenvalue weighted by Gasteiger charge is 2.10. The average Bonchev–Trinajstić information content (AvgIpc) is 2.48. The molecule has 0 aromatic heterocycles. The van der Waals surface area contributed by atoms with Crippen molar-refractivity contribution in [1.29, 1.82) is 0 Å². The van der Waals surface area contributed by atoms with Crippen molar-refractivity contribution >= 4 is 28.9 Å². The van der Waals surface area contributed by atoms with Gasteiger partial charge in [-0.15, -0.1) is 0 Å². The van der Waals surface area contributed by atoms with E-state index in [0.717, 1.165) is 16.8 Å². The van der Waals surface area contributed by atoms with Gasteiger partial charge in [0.25, 0.3) is 5.91 Å². The molecule has 0 aliphatic heterocycles. The Morgan fingerprint density at radius 1 is 1.05 bits per heavy atom. The molecule has 0 saturated carbocycles. The fourth-order valence-corrected chi connectivity index (χ4v) is 2.35. The largest absolute Gasteiger partial charge is 0.332 e. The lowest BCUT2D eigenvalue weighted by molar-refractivity contribution is 0.0977. The van der Waals surface area contributed by atoms with Crippen LogP contribution in [0.25, 0.3) is 0 Å². The van der Waals surface area contributed by atoms with Gasteiger partial charge >= 0.3 is 0 Å². The summed E-state index contributed by atoms with van der Waals surface area (Å²) < 4.78 is 0. The van der Waals surface area contributed by atoms with Crippen molar-refractivity contribution in [2.45, 2.75) is 26.7 Å². The van der Waals surface area contributed by atoms with Crippen LogP contribution < -0.4 is 10.6 Å².